The first kappa shape index (κ1) is 12.8. The van der Waals surface area contributed by atoms with Crippen molar-refractivity contribution in [2.24, 2.45) is 0 Å². The van der Waals surface area contributed by atoms with Crippen molar-refractivity contribution >= 4 is 17.9 Å². The highest BCUT2D eigenvalue weighted by molar-refractivity contribution is 8.00. The zero-order valence-corrected chi connectivity index (χ0v) is 10.9. The summed E-state index contributed by atoms with van der Waals surface area (Å²) >= 11 is 1.48. The molecule has 0 bridgehead atoms. The van der Waals surface area contributed by atoms with Crippen molar-refractivity contribution in [3.05, 3.63) is 35.9 Å². The molecule has 0 N–H and O–H groups in total. The highest BCUT2D eigenvalue weighted by Crippen LogP contribution is 2.33. The largest absolute Gasteiger partial charge is 0.445 e. The molecule has 1 aromatic carbocycles. The van der Waals surface area contributed by atoms with Crippen LogP contribution in [0.3, 0.4) is 0 Å². The summed E-state index contributed by atoms with van der Waals surface area (Å²) in [7, 11) is 0. The lowest BCUT2D eigenvalue weighted by molar-refractivity contribution is 0.0691. The molecular weight excluding hydrogens is 248 g/mol. The molecule has 1 amide bonds. The van der Waals surface area contributed by atoms with Gasteiger partial charge in [0.2, 0.25) is 0 Å². The minimum atomic E-state index is -0.439. The number of rotatable bonds is 3. The molecule has 2 rings (SSSR count). The maximum Gasteiger partial charge on any atom is 0.410 e. The van der Waals surface area contributed by atoms with Crippen LogP contribution in [-0.4, -0.2) is 35.1 Å². The summed E-state index contributed by atoms with van der Waals surface area (Å²) in [6.07, 6.45) is 1.54. The van der Waals surface area contributed by atoms with Crippen molar-refractivity contribution in [3.8, 4) is 6.07 Å². The van der Waals surface area contributed by atoms with Gasteiger partial charge in [-0.2, -0.15) is 5.26 Å². The molecule has 0 saturated carbocycles. The van der Waals surface area contributed by atoms with E-state index in [1.54, 1.807) is 4.90 Å². The van der Waals surface area contributed by atoms with Gasteiger partial charge in [0.1, 0.15) is 11.4 Å². The van der Waals surface area contributed by atoms with E-state index in [0.717, 1.165) is 5.56 Å². The van der Waals surface area contributed by atoms with Crippen LogP contribution in [0.2, 0.25) is 0 Å². The van der Waals surface area contributed by atoms with Gasteiger partial charge >= 0.3 is 6.09 Å². The van der Waals surface area contributed by atoms with E-state index in [0.29, 0.717) is 13.1 Å². The van der Waals surface area contributed by atoms with Gasteiger partial charge in [-0.05, 0) is 11.8 Å². The van der Waals surface area contributed by atoms with E-state index in [1.807, 2.05) is 36.6 Å². The van der Waals surface area contributed by atoms with E-state index in [9.17, 15) is 4.79 Å². The lowest BCUT2D eigenvalue weighted by atomic mass is 10.0. The zero-order valence-electron chi connectivity index (χ0n) is 10.1. The van der Waals surface area contributed by atoms with Crippen LogP contribution in [0.5, 0.6) is 0 Å². The summed E-state index contributed by atoms with van der Waals surface area (Å²) in [5.74, 6) is 0. The second-order valence-electron chi connectivity index (χ2n) is 4.21. The van der Waals surface area contributed by atoms with Gasteiger partial charge in [0.05, 0.1) is 19.2 Å². The Balaban J connectivity index is 1.80. The number of amides is 1. The molecule has 0 atom stereocenters. The first-order chi connectivity index (χ1) is 8.69. The molecule has 1 aliphatic rings. The second-order valence-corrected chi connectivity index (χ2v) is 5.40. The number of thioether (sulfide) groups is 1. The molecule has 0 radical (unpaired) electrons. The van der Waals surface area contributed by atoms with Crippen molar-refractivity contribution in [2.75, 3.05) is 19.3 Å². The number of hydrogen-bond acceptors (Lipinski definition) is 4. The summed E-state index contributed by atoms with van der Waals surface area (Å²) in [4.78, 5) is 13.3. The van der Waals surface area contributed by atoms with E-state index in [2.05, 4.69) is 6.07 Å². The van der Waals surface area contributed by atoms with E-state index in [-0.39, 0.29) is 12.7 Å². The lowest BCUT2D eigenvalue weighted by Gasteiger charge is -2.43. The Hall–Kier alpha value is -1.67. The molecule has 1 fully saturated rings. The van der Waals surface area contributed by atoms with E-state index in [1.165, 1.54) is 11.8 Å². The fraction of sp³-hybridized carbons (Fsp3) is 0.385. The number of hydrogen-bond donors (Lipinski definition) is 0. The van der Waals surface area contributed by atoms with E-state index in [4.69, 9.17) is 10.00 Å². The third kappa shape index (κ3) is 2.59. The Morgan fingerprint density at radius 3 is 2.72 bits per heavy atom. The molecule has 0 unspecified atom stereocenters. The molecule has 1 heterocycles. The number of nitrogens with zero attached hydrogens (tertiary/aromatic N) is 2. The standard InChI is InChI=1S/C13H14N2O2S/c1-18-13(8-14)9-15(10-13)12(16)17-7-11-5-3-2-4-6-11/h2-6H,7,9-10H2,1H3. The first-order valence-corrected chi connectivity index (χ1v) is 6.84. The highest BCUT2D eigenvalue weighted by atomic mass is 32.2. The van der Waals surface area contributed by atoms with Crippen LogP contribution in [0.4, 0.5) is 4.79 Å². The molecule has 18 heavy (non-hydrogen) atoms. The minimum absolute atomic E-state index is 0.273. The van der Waals surface area contributed by atoms with Gasteiger partial charge in [-0.3, -0.25) is 0 Å². The van der Waals surface area contributed by atoms with Gasteiger partial charge in [0.25, 0.3) is 0 Å². The van der Waals surface area contributed by atoms with E-state index < -0.39 is 4.75 Å². The van der Waals surface area contributed by atoms with Crippen LogP contribution in [0.15, 0.2) is 30.3 Å². The molecular formula is C13H14N2O2S. The number of ether oxygens (including phenoxy) is 1. The van der Waals surface area contributed by atoms with Crippen LogP contribution in [0.1, 0.15) is 5.56 Å². The summed E-state index contributed by atoms with van der Waals surface area (Å²) < 4.78 is 4.74. The van der Waals surface area contributed by atoms with Gasteiger partial charge in [0, 0.05) is 0 Å². The highest BCUT2D eigenvalue weighted by Gasteiger charge is 2.46. The zero-order chi connectivity index (χ0) is 13.0. The van der Waals surface area contributed by atoms with Crippen LogP contribution in [0, 0.1) is 11.3 Å². The van der Waals surface area contributed by atoms with Gasteiger partial charge in [-0.15, -0.1) is 11.8 Å². The Labute approximate surface area is 111 Å². The third-order valence-corrected chi connectivity index (χ3v) is 4.08. The maximum atomic E-state index is 11.7. The topological polar surface area (TPSA) is 53.3 Å². The maximum absolute atomic E-state index is 11.7. The molecule has 0 spiro atoms. The van der Waals surface area contributed by atoms with Crippen molar-refractivity contribution in [1.82, 2.24) is 4.90 Å². The van der Waals surface area contributed by atoms with Gasteiger partial charge in [0.15, 0.2) is 0 Å². The Morgan fingerprint density at radius 1 is 1.50 bits per heavy atom. The molecule has 1 saturated heterocycles. The quantitative estimate of drug-likeness (QED) is 0.838. The molecule has 5 heteroatoms. The van der Waals surface area contributed by atoms with Gasteiger partial charge in [-0.25, -0.2) is 4.79 Å². The Bertz CT molecular complexity index is 464. The molecule has 4 nitrogen and oxygen atoms in total. The fourth-order valence-corrected chi connectivity index (χ4v) is 2.42. The monoisotopic (exact) mass is 262 g/mol. The number of nitriles is 1. The van der Waals surface area contributed by atoms with Crippen LogP contribution >= 0.6 is 11.8 Å². The molecule has 0 aromatic heterocycles. The minimum Gasteiger partial charge on any atom is -0.445 e. The average Bonchev–Trinajstić information content (AvgIpc) is 2.37. The third-order valence-electron chi connectivity index (χ3n) is 2.95. The van der Waals surface area contributed by atoms with E-state index >= 15 is 0 Å². The molecule has 94 valence electrons. The number of likely N-dealkylation sites (tertiary alicyclic amines) is 1. The normalized spacial score (nSPS) is 16.6. The molecule has 1 aromatic rings. The second kappa shape index (κ2) is 5.32. The fourth-order valence-electron chi connectivity index (χ4n) is 1.76. The predicted molar refractivity (Wildman–Crippen MR) is 70.1 cm³/mol. The van der Waals surface area contributed by atoms with Gasteiger partial charge < -0.3 is 9.64 Å². The lowest BCUT2D eigenvalue weighted by Crippen LogP contribution is -2.60. The van der Waals surface area contributed by atoms with Crippen molar-refractivity contribution in [1.29, 1.82) is 5.26 Å². The van der Waals surface area contributed by atoms with Crippen molar-refractivity contribution in [3.63, 3.8) is 0 Å². The number of carbonyl (C=O) groups excluding carboxylic acids is 1. The smallest absolute Gasteiger partial charge is 0.410 e. The van der Waals surface area contributed by atoms with Crippen LogP contribution < -0.4 is 0 Å². The number of carbonyl (C=O) groups is 1. The summed E-state index contributed by atoms with van der Waals surface area (Å²) in [6, 6.07) is 11.8. The summed E-state index contributed by atoms with van der Waals surface area (Å²) in [5, 5.41) is 8.99. The molecule has 0 aliphatic carbocycles. The SMILES string of the molecule is CSC1(C#N)CN(C(=O)OCc2ccccc2)C1. The molecule has 1 aliphatic heterocycles. The summed E-state index contributed by atoms with van der Waals surface area (Å²) in [6.45, 7) is 1.16. The summed E-state index contributed by atoms with van der Waals surface area (Å²) in [5.41, 5.74) is 0.961. The van der Waals surface area contributed by atoms with Crippen molar-refractivity contribution < 1.29 is 9.53 Å². The number of benzene rings is 1. The Kier molecular flexibility index (Phi) is 3.78. The van der Waals surface area contributed by atoms with Crippen LogP contribution in [-0.2, 0) is 11.3 Å². The van der Waals surface area contributed by atoms with Gasteiger partial charge in [-0.1, -0.05) is 30.3 Å². The average molecular weight is 262 g/mol. The predicted octanol–water partition coefficient (Wildman–Crippen LogP) is 2.26. The first-order valence-electron chi connectivity index (χ1n) is 5.61. The Morgan fingerprint density at radius 2 is 2.17 bits per heavy atom. The van der Waals surface area contributed by atoms with Crippen LogP contribution in [0.25, 0.3) is 0 Å². The van der Waals surface area contributed by atoms with Crippen molar-refractivity contribution in [2.45, 2.75) is 11.4 Å².